The number of rotatable bonds is 11. The number of ether oxygens (including phenoxy) is 6. The van der Waals surface area contributed by atoms with Gasteiger partial charge in [-0.25, -0.2) is 0 Å². The molecular formula is C45H76O17. The topological polar surface area (TPSA) is 278 Å². The first kappa shape index (κ1) is 47.8. The molecule has 0 radical (unpaired) electrons. The highest BCUT2D eigenvalue weighted by atomic mass is 16.8. The average Bonchev–Trinajstić information content (AvgIpc) is 3.80. The van der Waals surface area contributed by atoms with Crippen LogP contribution in [-0.4, -0.2) is 180 Å². The van der Waals surface area contributed by atoms with E-state index in [0.29, 0.717) is 32.1 Å². The van der Waals surface area contributed by atoms with Crippen LogP contribution >= 0.6 is 0 Å². The molecule has 5 aliphatic carbocycles. The molecule has 2 spiro atoms. The summed E-state index contributed by atoms with van der Waals surface area (Å²) in [5, 5.41) is 118. The molecule has 8 fully saturated rings. The summed E-state index contributed by atoms with van der Waals surface area (Å²) in [5.74, 6) is -0.0380. The SMILES string of the molecule is CC(CCC(O)C(C)(C)O)C1C(O)CC2(C)C3CC(OC4OCC(O)C(O)C4O)C4C(C)(C)C(OC5OCC(O)C(O)C5OC5OCC(O)C(O)C5O)CCC45CC35CCC12C. The molecule has 0 aromatic carbocycles. The third kappa shape index (κ3) is 7.38. The van der Waals surface area contributed by atoms with Crippen LogP contribution in [0.1, 0.15) is 106 Å². The molecule has 3 heterocycles. The van der Waals surface area contributed by atoms with Crippen molar-refractivity contribution in [3.8, 4) is 0 Å². The molecule has 0 bridgehead atoms. The lowest BCUT2D eigenvalue weighted by atomic mass is 9.41. The Morgan fingerprint density at radius 3 is 1.81 bits per heavy atom. The summed E-state index contributed by atoms with van der Waals surface area (Å²) < 4.78 is 37.1. The second kappa shape index (κ2) is 16.5. The standard InChI is InChI=1S/C45H76O17/c1-20(8-9-27(50)41(4,5)56)29-21(46)15-43(7)26-14-25(60-37-33(54)30(51)22(47)16-57-37)36-40(2,3)28(10-11-45(36)19-44(26,45)13-12-42(29,43)6)61-39-35(32(53)24(49)18-59-39)62-38-34(55)31(52)23(48)17-58-38/h20-39,46-56H,8-19H2,1-7H3. The summed E-state index contributed by atoms with van der Waals surface area (Å²) in [6, 6.07) is 0. The first-order chi connectivity index (χ1) is 28.8. The van der Waals surface area contributed by atoms with Gasteiger partial charge in [-0.3, -0.25) is 0 Å². The van der Waals surface area contributed by atoms with E-state index in [0.717, 1.165) is 25.7 Å². The predicted molar refractivity (Wildman–Crippen MR) is 216 cm³/mol. The van der Waals surface area contributed by atoms with Gasteiger partial charge in [0.25, 0.3) is 0 Å². The molecule has 0 aromatic rings. The van der Waals surface area contributed by atoms with E-state index in [1.807, 2.05) is 0 Å². The molecule has 8 rings (SSSR count). The molecule has 17 nitrogen and oxygen atoms in total. The molecular weight excluding hydrogens is 812 g/mol. The highest BCUT2D eigenvalue weighted by Gasteiger charge is 2.84. The highest BCUT2D eigenvalue weighted by molar-refractivity contribution is 5.33. The van der Waals surface area contributed by atoms with E-state index in [2.05, 4.69) is 34.6 Å². The lowest BCUT2D eigenvalue weighted by molar-refractivity contribution is -0.359. The molecule has 358 valence electrons. The Kier molecular flexibility index (Phi) is 12.7. The minimum atomic E-state index is -1.65. The molecule has 62 heavy (non-hydrogen) atoms. The number of hydrogen-bond donors (Lipinski definition) is 11. The van der Waals surface area contributed by atoms with Gasteiger partial charge in [0.15, 0.2) is 18.9 Å². The van der Waals surface area contributed by atoms with Crippen LogP contribution in [-0.2, 0) is 28.4 Å². The van der Waals surface area contributed by atoms with Crippen molar-refractivity contribution in [3.05, 3.63) is 0 Å². The van der Waals surface area contributed by atoms with Crippen molar-refractivity contribution >= 4 is 0 Å². The van der Waals surface area contributed by atoms with Crippen LogP contribution in [0, 0.1) is 50.7 Å². The second-order valence-corrected chi connectivity index (χ2v) is 22.6. The van der Waals surface area contributed by atoms with E-state index >= 15 is 0 Å². The van der Waals surface area contributed by atoms with Crippen molar-refractivity contribution in [3.63, 3.8) is 0 Å². The summed E-state index contributed by atoms with van der Waals surface area (Å²) in [6.07, 6.45) is -13.1. The Balaban J connectivity index is 1.09. The maximum Gasteiger partial charge on any atom is 0.186 e. The molecule has 3 aliphatic heterocycles. The summed E-state index contributed by atoms with van der Waals surface area (Å²) in [4.78, 5) is 0. The first-order valence-corrected chi connectivity index (χ1v) is 23.2. The molecule has 11 N–H and O–H groups in total. The van der Waals surface area contributed by atoms with E-state index < -0.39 is 109 Å². The quantitative estimate of drug-likeness (QED) is 0.119. The number of hydrogen-bond acceptors (Lipinski definition) is 17. The third-order valence-electron chi connectivity index (χ3n) is 18.6. The zero-order valence-corrected chi connectivity index (χ0v) is 37.4. The molecule has 3 saturated heterocycles. The average molecular weight is 889 g/mol. The predicted octanol–water partition coefficient (Wildman–Crippen LogP) is -0.334. The van der Waals surface area contributed by atoms with Crippen molar-refractivity contribution in [1.82, 2.24) is 0 Å². The van der Waals surface area contributed by atoms with Crippen molar-refractivity contribution in [2.75, 3.05) is 19.8 Å². The Labute approximate surface area is 364 Å². The lowest BCUT2D eigenvalue weighted by Crippen LogP contribution is -2.65. The van der Waals surface area contributed by atoms with Crippen LogP contribution < -0.4 is 0 Å². The summed E-state index contributed by atoms with van der Waals surface area (Å²) >= 11 is 0. The van der Waals surface area contributed by atoms with Gasteiger partial charge in [0.05, 0.1) is 49.8 Å². The fraction of sp³-hybridized carbons (Fsp3) is 1.00. The first-order valence-electron chi connectivity index (χ1n) is 23.2. The van der Waals surface area contributed by atoms with Crippen LogP contribution in [0.15, 0.2) is 0 Å². The normalized spacial score (nSPS) is 54.7. The minimum absolute atomic E-state index is 0.0423. The molecule has 8 aliphatic rings. The van der Waals surface area contributed by atoms with Crippen LogP contribution in [0.3, 0.4) is 0 Å². The number of fused-ring (bicyclic) bond motifs is 2. The minimum Gasteiger partial charge on any atom is -0.393 e. The van der Waals surface area contributed by atoms with Gasteiger partial charge < -0.3 is 84.6 Å². The third-order valence-corrected chi connectivity index (χ3v) is 18.6. The van der Waals surface area contributed by atoms with Gasteiger partial charge >= 0.3 is 0 Å². The van der Waals surface area contributed by atoms with Crippen LogP contribution in [0.4, 0.5) is 0 Å². The van der Waals surface area contributed by atoms with Crippen LogP contribution in [0.2, 0.25) is 0 Å². The fourth-order valence-electron chi connectivity index (χ4n) is 15.1. The number of aliphatic hydroxyl groups excluding tert-OH is 10. The van der Waals surface area contributed by atoms with Gasteiger partial charge in [-0.15, -0.1) is 0 Å². The highest BCUT2D eigenvalue weighted by Crippen LogP contribution is 2.89. The largest absolute Gasteiger partial charge is 0.393 e. The molecule has 17 heteroatoms. The summed E-state index contributed by atoms with van der Waals surface area (Å²) in [5.41, 5.74) is -2.79. The van der Waals surface area contributed by atoms with Crippen molar-refractivity contribution in [1.29, 1.82) is 0 Å². The summed E-state index contributed by atoms with van der Waals surface area (Å²) in [7, 11) is 0. The van der Waals surface area contributed by atoms with Crippen molar-refractivity contribution in [2.45, 2.75) is 210 Å². The Morgan fingerprint density at radius 2 is 1.21 bits per heavy atom. The zero-order chi connectivity index (χ0) is 45.3. The molecule has 0 aromatic heterocycles. The fourth-order valence-corrected chi connectivity index (χ4v) is 15.1. The van der Waals surface area contributed by atoms with E-state index in [1.54, 1.807) is 13.8 Å². The van der Waals surface area contributed by atoms with Gasteiger partial charge in [0.2, 0.25) is 0 Å². The van der Waals surface area contributed by atoms with Crippen LogP contribution in [0.5, 0.6) is 0 Å². The van der Waals surface area contributed by atoms with E-state index in [9.17, 15) is 56.2 Å². The number of aliphatic hydroxyl groups is 11. The smallest absolute Gasteiger partial charge is 0.186 e. The van der Waals surface area contributed by atoms with E-state index in [-0.39, 0.29) is 65.2 Å². The van der Waals surface area contributed by atoms with Gasteiger partial charge in [-0.1, -0.05) is 34.6 Å². The maximum absolute atomic E-state index is 12.1. The van der Waals surface area contributed by atoms with Gasteiger partial charge in [0.1, 0.15) is 54.9 Å². The Morgan fingerprint density at radius 1 is 0.645 bits per heavy atom. The Bertz CT molecular complexity index is 1600. The van der Waals surface area contributed by atoms with E-state index in [4.69, 9.17) is 28.4 Å². The summed E-state index contributed by atoms with van der Waals surface area (Å²) in [6.45, 7) is 13.5. The molecule has 5 saturated carbocycles. The van der Waals surface area contributed by atoms with Crippen molar-refractivity contribution < 1.29 is 84.6 Å². The molecule has 24 unspecified atom stereocenters. The van der Waals surface area contributed by atoms with Gasteiger partial charge in [-0.2, -0.15) is 0 Å². The van der Waals surface area contributed by atoms with Crippen LogP contribution in [0.25, 0.3) is 0 Å². The Hall–Kier alpha value is -0.680. The lowest BCUT2D eigenvalue weighted by Gasteiger charge is -2.65. The van der Waals surface area contributed by atoms with Gasteiger partial charge in [-0.05, 0) is 122 Å². The monoisotopic (exact) mass is 889 g/mol. The van der Waals surface area contributed by atoms with Crippen molar-refractivity contribution in [2.24, 2.45) is 50.7 Å². The van der Waals surface area contributed by atoms with Gasteiger partial charge in [0, 0.05) is 0 Å². The maximum atomic E-state index is 12.1. The molecule has 0 amide bonds. The zero-order valence-electron chi connectivity index (χ0n) is 37.4. The van der Waals surface area contributed by atoms with E-state index in [1.165, 1.54) is 0 Å². The molecule has 24 atom stereocenters. The second-order valence-electron chi connectivity index (χ2n) is 22.6.